The van der Waals surface area contributed by atoms with Crippen molar-refractivity contribution in [2.75, 3.05) is 0 Å². The predicted molar refractivity (Wildman–Crippen MR) is 101 cm³/mol. The highest BCUT2D eigenvalue weighted by Gasteiger charge is 2.15. The molecule has 0 fully saturated rings. The molecule has 6 heteroatoms. The van der Waals surface area contributed by atoms with Crippen molar-refractivity contribution in [3.8, 4) is 0 Å². The lowest BCUT2D eigenvalue weighted by Crippen LogP contribution is -2.30. The Hall–Kier alpha value is -2.76. The molecule has 2 heterocycles. The number of carbonyl (C=O) groups excluding carboxylic acids is 1. The van der Waals surface area contributed by atoms with Crippen LogP contribution in [-0.2, 0) is 17.9 Å². The van der Waals surface area contributed by atoms with Gasteiger partial charge in [0.15, 0.2) is 0 Å². The molecule has 138 valence electrons. The van der Waals surface area contributed by atoms with Gasteiger partial charge in [-0.25, -0.2) is 4.79 Å². The maximum absolute atomic E-state index is 12.7. The second kappa shape index (κ2) is 7.64. The SMILES string of the molecule is CCCn1c(=O)n(CCC(=O)NC(C)c2ccc(C)o2)c2ccccc21. The van der Waals surface area contributed by atoms with Gasteiger partial charge in [-0.3, -0.25) is 13.9 Å². The van der Waals surface area contributed by atoms with Crippen molar-refractivity contribution in [1.29, 1.82) is 0 Å². The zero-order valence-corrected chi connectivity index (χ0v) is 15.5. The molecule has 0 spiro atoms. The molecule has 1 unspecified atom stereocenters. The van der Waals surface area contributed by atoms with Crippen LogP contribution in [0.2, 0.25) is 0 Å². The average Bonchev–Trinajstić information content (AvgIpc) is 3.16. The molecule has 0 saturated heterocycles. The maximum Gasteiger partial charge on any atom is 0.329 e. The molecule has 2 aromatic heterocycles. The van der Waals surface area contributed by atoms with Crippen LogP contribution in [0, 0.1) is 6.92 Å². The summed E-state index contributed by atoms with van der Waals surface area (Å²) in [6.07, 6.45) is 1.12. The molecule has 3 aromatic rings. The fourth-order valence-corrected chi connectivity index (χ4v) is 3.21. The van der Waals surface area contributed by atoms with Gasteiger partial charge in [0.25, 0.3) is 0 Å². The lowest BCUT2D eigenvalue weighted by atomic mass is 10.2. The molecule has 0 aliphatic carbocycles. The van der Waals surface area contributed by atoms with Crippen LogP contribution in [0.3, 0.4) is 0 Å². The van der Waals surface area contributed by atoms with E-state index < -0.39 is 0 Å². The van der Waals surface area contributed by atoms with Gasteiger partial charge < -0.3 is 9.73 Å². The van der Waals surface area contributed by atoms with Crippen molar-refractivity contribution in [2.45, 2.75) is 52.7 Å². The Balaban J connectivity index is 1.72. The number of carbonyl (C=O) groups is 1. The number of benzene rings is 1. The summed E-state index contributed by atoms with van der Waals surface area (Å²) in [7, 11) is 0. The van der Waals surface area contributed by atoms with Crippen molar-refractivity contribution >= 4 is 16.9 Å². The number of aryl methyl sites for hydroxylation is 3. The number of aromatic nitrogens is 2. The van der Waals surface area contributed by atoms with E-state index in [1.54, 1.807) is 9.13 Å². The van der Waals surface area contributed by atoms with Crippen LogP contribution in [0.1, 0.15) is 44.3 Å². The molecule has 1 aromatic carbocycles. The van der Waals surface area contributed by atoms with E-state index in [0.29, 0.717) is 13.1 Å². The monoisotopic (exact) mass is 355 g/mol. The Morgan fingerprint density at radius 3 is 2.35 bits per heavy atom. The van der Waals surface area contributed by atoms with Crippen LogP contribution in [0.25, 0.3) is 11.0 Å². The summed E-state index contributed by atoms with van der Waals surface area (Å²) >= 11 is 0. The van der Waals surface area contributed by atoms with Crippen molar-refractivity contribution in [3.63, 3.8) is 0 Å². The highest BCUT2D eigenvalue weighted by molar-refractivity contribution is 5.78. The van der Waals surface area contributed by atoms with Gasteiger partial charge in [0, 0.05) is 19.5 Å². The van der Waals surface area contributed by atoms with E-state index in [2.05, 4.69) is 5.32 Å². The van der Waals surface area contributed by atoms with E-state index in [-0.39, 0.29) is 24.1 Å². The second-order valence-corrected chi connectivity index (χ2v) is 6.56. The highest BCUT2D eigenvalue weighted by atomic mass is 16.3. The molecule has 3 rings (SSSR count). The maximum atomic E-state index is 12.7. The van der Waals surface area contributed by atoms with Crippen LogP contribution in [0.5, 0.6) is 0 Å². The first-order valence-corrected chi connectivity index (χ1v) is 9.05. The standard InChI is InChI=1S/C20H25N3O3/c1-4-12-22-16-7-5-6-8-17(16)23(20(22)25)13-11-19(24)21-15(3)18-10-9-14(2)26-18/h5-10,15H,4,11-13H2,1-3H3,(H,21,24). The van der Waals surface area contributed by atoms with E-state index in [0.717, 1.165) is 29.0 Å². The smallest absolute Gasteiger partial charge is 0.329 e. The molecule has 1 N–H and O–H groups in total. The quantitative estimate of drug-likeness (QED) is 0.706. The summed E-state index contributed by atoms with van der Waals surface area (Å²) in [6.45, 7) is 6.83. The Labute approximate surface area is 152 Å². The van der Waals surface area contributed by atoms with Crippen LogP contribution in [0.15, 0.2) is 45.6 Å². The number of hydrogen-bond acceptors (Lipinski definition) is 3. The van der Waals surface area contributed by atoms with Crippen molar-refractivity contribution in [1.82, 2.24) is 14.5 Å². The van der Waals surface area contributed by atoms with Crippen LogP contribution < -0.4 is 11.0 Å². The topological polar surface area (TPSA) is 69.2 Å². The van der Waals surface area contributed by atoms with Gasteiger partial charge in [-0.2, -0.15) is 0 Å². The van der Waals surface area contributed by atoms with Crippen molar-refractivity contribution < 1.29 is 9.21 Å². The average molecular weight is 355 g/mol. The summed E-state index contributed by atoms with van der Waals surface area (Å²) in [6, 6.07) is 11.3. The lowest BCUT2D eigenvalue weighted by molar-refractivity contribution is -0.122. The highest BCUT2D eigenvalue weighted by Crippen LogP contribution is 2.16. The summed E-state index contributed by atoms with van der Waals surface area (Å²) in [5, 5.41) is 2.92. The van der Waals surface area contributed by atoms with Crippen molar-refractivity contribution in [2.24, 2.45) is 0 Å². The van der Waals surface area contributed by atoms with Gasteiger partial charge in [0.05, 0.1) is 17.1 Å². The van der Waals surface area contributed by atoms with E-state index >= 15 is 0 Å². The van der Waals surface area contributed by atoms with Crippen LogP contribution in [-0.4, -0.2) is 15.0 Å². The molecule has 0 radical (unpaired) electrons. The minimum atomic E-state index is -0.200. The fraction of sp³-hybridized carbons (Fsp3) is 0.400. The van der Waals surface area contributed by atoms with Gasteiger partial charge in [0.2, 0.25) is 5.91 Å². The van der Waals surface area contributed by atoms with Crippen LogP contribution in [0.4, 0.5) is 0 Å². The molecule has 26 heavy (non-hydrogen) atoms. The number of fused-ring (bicyclic) bond motifs is 1. The van der Waals surface area contributed by atoms with Gasteiger partial charge in [-0.15, -0.1) is 0 Å². The molecule has 0 bridgehead atoms. The van der Waals surface area contributed by atoms with Gasteiger partial charge in [-0.05, 0) is 44.5 Å². The lowest BCUT2D eigenvalue weighted by Gasteiger charge is -2.11. The van der Waals surface area contributed by atoms with Gasteiger partial charge in [0.1, 0.15) is 11.5 Å². The normalized spacial score (nSPS) is 12.4. The zero-order valence-electron chi connectivity index (χ0n) is 15.5. The van der Waals surface area contributed by atoms with Gasteiger partial charge in [-0.1, -0.05) is 19.1 Å². The van der Waals surface area contributed by atoms with E-state index in [1.807, 2.05) is 57.2 Å². The number of imidazole rings is 1. The number of furan rings is 1. The number of para-hydroxylation sites is 2. The summed E-state index contributed by atoms with van der Waals surface area (Å²) in [5.41, 5.74) is 1.73. The number of hydrogen-bond donors (Lipinski definition) is 1. The molecule has 1 atom stereocenters. The Kier molecular flexibility index (Phi) is 5.30. The molecule has 6 nitrogen and oxygen atoms in total. The van der Waals surface area contributed by atoms with E-state index in [9.17, 15) is 9.59 Å². The minimum absolute atomic E-state index is 0.0597. The fourth-order valence-electron chi connectivity index (χ4n) is 3.21. The van der Waals surface area contributed by atoms with Gasteiger partial charge >= 0.3 is 5.69 Å². The zero-order chi connectivity index (χ0) is 18.7. The number of rotatable bonds is 7. The first kappa shape index (κ1) is 18.0. The third-order valence-electron chi connectivity index (χ3n) is 4.50. The molecule has 0 saturated carbocycles. The number of nitrogens with zero attached hydrogens (tertiary/aromatic N) is 2. The van der Waals surface area contributed by atoms with E-state index in [4.69, 9.17) is 4.42 Å². The molecular formula is C20H25N3O3. The molecule has 1 amide bonds. The first-order chi connectivity index (χ1) is 12.5. The molecule has 0 aliphatic heterocycles. The Morgan fingerprint density at radius 1 is 1.12 bits per heavy atom. The third-order valence-corrected chi connectivity index (χ3v) is 4.50. The van der Waals surface area contributed by atoms with Crippen molar-refractivity contribution in [3.05, 3.63) is 58.4 Å². The summed E-state index contributed by atoms with van der Waals surface area (Å²) in [4.78, 5) is 25.0. The summed E-state index contributed by atoms with van der Waals surface area (Å²) < 4.78 is 9.01. The number of amides is 1. The Morgan fingerprint density at radius 2 is 1.77 bits per heavy atom. The minimum Gasteiger partial charge on any atom is -0.464 e. The second-order valence-electron chi connectivity index (χ2n) is 6.56. The van der Waals surface area contributed by atoms with E-state index in [1.165, 1.54) is 0 Å². The number of nitrogens with one attached hydrogen (secondary N) is 1. The first-order valence-electron chi connectivity index (χ1n) is 9.05. The Bertz CT molecular complexity index is 964. The molecule has 0 aliphatic rings. The largest absolute Gasteiger partial charge is 0.464 e. The molecular weight excluding hydrogens is 330 g/mol. The third kappa shape index (κ3) is 3.59. The predicted octanol–water partition coefficient (Wildman–Crippen LogP) is 3.38. The van der Waals surface area contributed by atoms with Crippen LogP contribution >= 0.6 is 0 Å². The summed E-state index contributed by atoms with van der Waals surface area (Å²) in [5.74, 6) is 1.44.